The molecule has 104 valence electrons. The van der Waals surface area contributed by atoms with Crippen LogP contribution in [-0.2, 0) is 9.53 Å². The van der Waals surface area contributed by atoms with E-state index in [0.29, 0.717) is 12.1 Å². The average molecular weight is 267 g/mol. The highest BCUT2D eigenvalue weighted by Gasteiger charge is 2.24. The predicted octanol–water partition coefficient (Wildman–Crippen LogP) is 1.69. The molecule has 7 heteroatoms. The van der Waals surface area contributed by atoms with Crippen molar-refractivity contribution in [3.63, 3.8) is 0 Å². The van der Waals surface area contributed by atoms with E-state index in [2.05, 4.69) is 9.72 Å². The Bertz CT molecular complexity index is 476. The second-order valence-corrected chi connectivity index (χ2v) is 4.05. The number of carbonyl (C=O) groups is 1. The largest absolute Gasteiger partial charge is 0.468 e. The molecule has 0 aliphatic carbocycles. The van der Waals surface area contributed by atoms with Gasteiger partial charge in [-0.15, -0.1) is 0 Å². The number of ether oxygens (including phenoxy) is 1. The number of methoxy groups -OCH3 is 1. The average Bonchev–Trinajstić information content (AvgIpc) is 2.37. The third-order valence-electron chi connectivity index (χ3n) is 2.63. The van der Waals surface area contributed by atoms with E-state index in [0.717, 1.165) is 6.42 Å². The van der Waals surface area contributed by atoms with Crippen LogP contribution in [0.3, 0.4) is 0 Å². The van der Waals surface area contributed by atoms with Gasteiger partial charge in [-0.05, 0) is 19.4 Å². The number of hydrogen-bond donors (Lipinski definition) is 0. The first kappa shape index (κ1) is 14.9. The van der Waals surface area contributed by atoms with Gasteiger partial charge in [0, 0.05) is 18.3 Å². The minimum absolute atomic E-state index is 0.0539. The van der Waals surface area contributed by atoms with Crippen molar-refractivity contribution in [1.82, 2.24) is 4.98 Å². The van der Waals surface area contributed by atoms with E-state index in [-0.39, 0.29) is 18.1 Å². The van der Waals surface area contributed by atoms with E-state index < -0.39 is 10.9 Å². The number of aromatic nitrogens is 1. The molecular weight excluding hydrogens is 250 g/mol. The summed E-state index contributed by atoms with van der Waals surface area (Å²) in [5, 5.41) is 11.1. The van der Waals surface area contributed by atoms with Crippen molar-refractivity contribution in [2.75, 3.05) is 25.1 Å². The number of aryl methyl sites for hydroxylation is 1. The zero-order chi connectivity index (χ0) is 14.4. The Hall–Kier alpha value is -2.18. The predicted molar refractivity (Wildman–Crippen MR) is 70.1 cm³/mol. The van der Waals surface area contributed by atoms with Crippen LogP contribution in [0.15, 0.2) is 12.3 Å². The fraction of sp³-hybridized carbons (Fsp3) is 0.500. The molecule has 0 aromatic carbocycles. The van der Waals surface area contributed by atoms with E-state index in [9.17, 15) is 14.9 Å². The molecule has 0 amide bonds. The molecule has 0 N–H and O–H groups in total. The van der Waals surface area contributed by atoms with E-state index in [4.69, 9.17) is 0 Å². The molecule has 0 bridgehead atoms. The second-order valence-electron chi connectivity index (χ2n) is 4.05. The number of rotatable bonds is 6. The quantitative estimate of drug-likeness (QED) is 0.443. The summed E-state index contributed by atoms with van der Waals surface area (Å²) >= 11 is 0. The molecule has 0 unspecified atom stereocenters. The van der Waals surface area contributed by atoms with Crippen LogP contribution in [0.4, 0.5) is 11.5 Å². The van der Waals surface area contributed by atoms with Crippen molar-refractivity contribution < 1.29 is 14.5 Å². The van der Waals surface area contributed by atoms with Gasteiger partial charge in [-0.25, -0.2) is 4.98 Å². The number of nitro groups is 1. The van der Waals surface area contributed by atoms with Gasteiger partial charge in [0.15, 0.2) is 0 Å². The van der Waals surface area contributed by atoms with Crippen LogP contribution in [-0.4, -0.2) is 36.1 Å². The molecule has 0 aliphatic heterocycles. The van der Waals surface area contributed by atoms with Crippen molar-refractivity contribution in [1.29, 1.82) is 0 Å². The number of hydrogen-bond acceptors (Lipinski definition) is 6. The van der Waals surface area contributed by atoms with E-state index in [1.807, 2.05) is 6.92 Å². The molecule has 19 heavy (non-hydrogen) atoms. The number of anilines is 1. The van der Waals surface area contributed by atoms with Crippen LogP contribution in [0.25, 0.3) is 0 Å². The number of esters is 1. The fourth-order valence-electron chi connectivity index (χ4n) is 1.74. The van der Waals surface area contributed by atoms with Crippen LogP contribution in [0.1, 0.15) is 18.9 Å². The lowest BCUT2D eigenvalue weighted by atomic mass is 10.2. The van der Waals surface area contributed by atoms with Gasteiger partial charge in [-0.2, -0.15) is 0 Å². The summed E-state index contributed by atoms with van der Waals surface area (Å²) in [5.74, 6) is -0.247. The lowest BCUT2D eigenvalue weighted by Crippen LogP contribution is -2.32. The molecular formula is C12H17N3O4. The molecule has 1 heterocycles. The molecule has 0 saturated heterocycles. The molecule has 0 aliphatic rings. The summed E-state index contributed by atoms with van der Waals surface area (Å²) in [6.07, 6.45) is 2.24. The number of pyridine rings is 1. The summed E-state index contributed by atoms with van der Waals surface area (Å²) in [5.41, 5.74) is 0.445. The third kappa shape index (κ3) is 3.64. The van der Waals surface area contributed by atoms with Gasteiger partial charge in [0.1, 0.15) is 6.54 Å². The molecule has 1 aromatic rings. The maximum Gasteiger partial charge on any atom is 0.325 e. The smallest absolute Gasteiger partial charge is 0.325 e. The third-order valence-corrected chi connectivity index (χ3v) is 2.63. The topological polar surface area (TPSA) is 85.6 Å². The molecule has 1 rings (SSSR count). The number of carbonyl (C=O) groups excluding carboxylic acids is 1. The highest BCUT2D eigenvalue weighted by Crippen LogP contribution is 2.28. The minimum Gasteiger partial charge on any atom is -0.468 e. The molecule has 0 atom stereocenters. The van der Waals surface area contributed by atoms with Crippen LogP contribution in [0.2, 0.25) is 0 Å². The van der Waals surface area contributed by atoms with E-state index in [1.54, 1.807) is 17.9 Å². The van der Waals surface area contributed by atoms with Gasteiger partial charge in [-0.3, -0.25) is 14.9 Å². The Morgan fingerprint density at radius 3 is 2.79 bits per heavy atom. The maximum absolute atomic E-state index is 11.4. The van der Waals surface area contributed by atoms with Crippen molar-refractivity contribution in [2.45, 2.75) is 20.3 Å². The normalized spacial score (nSPS) is 10.1. The van der Waals surface area contributed by atoms with Gasteiger partial charge >= 0.3 is 11.7 Å². The van der Waals surface area contributed by atoms with Crippen molar-refractivity contribution in [3.05, 3.63) is 27.9 Å². The Morgan fingerprint density at radius 1 is 1.58 bits per heavy atom. The summed E-state index contributed by atoms with van der Waals surface area (Å²) in [6, 6.07) is 1.57. The highest BCUT2D eigenvalue weighted by atomic mass is 16.6. The van der Waals surface area contributed by atoms with Gasteiger partial charge in [0.05, 0.1) is 12.0 Å². The second kappa shape index (κ2) is 6.67. The SMILES string of the molecule is CCCN(CC(=O)OC)c1nccc(C)c1[N+](=O)[O-]. The van der Waals surface area contributed by atoms with Crippen LogP contribution < -0.4 is 4.90 Å². The lowest BCUT2D eigenvalue weighted by molar-refractivity contribution is -0.384. The first-order valence-electron chi connectivity index (χ1n) is 5.93. The molecule has 0 spiro atoms. The molecule has 0 saturated carbocycles. The van der Waals surface area contributed by atoms with E-state index in [1.165, 1.54) is 13.3 Å². The first-order valence-corrected chi connectivity index (χ1v) is 5.93. The molecule has 0 fully saturated rings. The lowest BCUT2D eigenvalue weighted by Gasteiger charge is -2.21. The Kier molecular flexibility index (Phi) is 5.23. The van der Waals surface area contributed by atoms with Crippen LogP contribution in [0, 0.1) is 17.0 Å². The first-order chi connectivity index (χ1) is 9.01. The monoisotopic (exact) mass is 267 g/mol. The van der Waals surface area contributed by atoms with E-state index >= 15 is 0 Å². The summed E-state index contributed by atoms with van der Waals surface area (Å²) < 4.78 is 4.60. The maximum atomic E-state index is 11.4. The summed E-state index contributed by atoms with van der Waals surface area (Å²) in [6.45, 7) is 4.01. The summed E-state index contributed by atoms with van der Waals surface area (Å²) in [7, 11) is 1.28. The van der Waals surface area contributed by atoms with Gasteiger partial charge in [-0.1, -0.05) is 6.92 Å². The Balaban J connectivity index is 3.18. The molecule has 0 radical (unpaired) electrons. The molecule has 7 nitrogen and oxygen atoms in total. The van der Waals surface area contributed by atoms with Crippen LogP contribution >= 0.6 is 0 Å². The standard InChI is InChI=1S/C12H17N3O4/c1-4-7-14(8-10(16)19-3)12-11(15(17)18)9(2)5-6-13-12/h5-6H,4,7-8H2,1-3H3. The summed E-state index contributed by atoms with van der Waals surface area (Å²) in [4.78, 5) is 27.6. The van der Waals surface area contributed by atoms with Crippen molar-refractivity contribution >= 4 is 17.5 Å². The molecule has 1 aromatic heterocycles. The highest BCUT2D eigenvalue weighted by molar-refractivity contribution is 5.77. The van der Waals surface area contributed by atoms with Crippen molar-refractivity contribution in [2.24, 2.45) is 0 Å². The zero-order valence-corrected chi connectivity index (χ0v) is 11.3. The Labute approximate surface area is 111 Å². The van der Waals surface area contributed by atoms with Gasteiger partial charge < -0.3 is 9.64 Å². The van der Waals surface area contributed by atoms with Crippen molar-refractivity contribution in [3.8, 4) is 0 Å². The fourth-order valence-corrected chi connectivity index (χ4v) is 1.74. The Morgan fingerprint density at radius 2 is 2.26 bits per heavy atom. The van der Waals surface area contributed by atoms with Gasteiger partial charge in [0.25, 0.3) is 0 Å². The zero-order valence-electron chi connectivity index (χ0n) is 11.3. The van der Waals surface area contributed by atoms with Crippen LogP contribution in [0.5, 0.6) is 0 Å². The van der Waals surface area contributed by atoms with Gasteiger partial charge in [0.2, 0.25) is 5.82 Å². The number of nitrogens with zero attached hydrogens (tertiary/aromatic N) is 3. The minimum atomic E-state index is -0.475.